The molecule has 1 saturated carbocycles. The third kappa shape index (κ3) is 2.75. The van der Waals surface area contributed by atoms with Crippen molar-refractivity contribution in [3.8, 4) is 11.1 Å². The number of aliphatic carboxylic acids is 1. The van der Waals surface area contributed by atoms with Gasteiger partial charge in [0.15, 0.2) is 0 Å². The van der Waals surface area contributed by atoms with Crippen LogP contribution in [-0.4, -0.2) is 16.2 Å². The first kappa shape index (κ1) is 15.7. The van der Waals surface area contributed by atoms with Crippen LogP contribution in [0.5, 0.6) is 0 Å². The topological polar surface area (TPSA) is 57.5 Å². The van der Waals surface area contributed by atoms with Crippen LogP contribution in [-0.2, 0) is 15.8 Å². The predicted octanol–water partition coefficient (Wildman–Crippen LogP) is 3.84. The molecule has 0 saturated heterocycles. The highest BCUT2D eigenvalue weighted by Crippen LogP contribution is 2.48. The number of carboxylic acid groups (broad SMARTS) is 1. The van der Waals surface area contributed by atoms with Gasteiger partial charge < -0.3 is 10.2 Å². The maximum Gasteiger partial charge on any atom is 0.314 e. The number of hydrogen-bond donors (Lipinski definition) is 2. The van der Waals surface area contributed by atoms with Gasteiger partial charge in [-0.1, -0.05) is 36.4 Å². The van der Waals surface area contributed by atoms with Gasteiger partial charge in [0.05, 0.1) is 11.0 Å². The molecule has 0 amide bonds. The highest BCUT2D eigenvalue weighted by molar-refractivity contribution is 5.85. The number of carbonyl (C=O) groups is 1. The average molecular weight is 314 g/mol. The largest absolute Gasteiger partial charge is 0.481 e. The first-order valence-corrected chi connectivity index (χ1v) is 7.61. The molecule has 0 aliphatic heterocycles. The van der Waals surface area contributed by atoms with E-state index in [-0.39, 0.29) is 0 Å². The summed E-state index contributed by atoms with van der Waals surface area (Å²) >= 11 is 0. The molecule has 3 nitrogen and oxygen atoms in total. The lowest BCUT2D eigenvalue weighted by molar-refractivity contribution is -0.140. The molecular weight excluding hydrogens is 295 g/mol. The highest BCUT2D eigenvalue weighted by Gasteiger charge is 2.51. The second-order valence-corrected chi connectivity index (χ2v) is 6.72. The molecule has 2 N–H and O–H groups in total. The molecule has 2 aromatic carbocycles. The smallest absolute Gasteiger partial charge is 0.314 e. The normalized spacial score (nSPS) is 16.2. The fourth-order valence-electron chi connectivity index (χ4n) is 2.85. The molecule has 1 fully saturated rings. The molecule has 0 aromatic heterocycles. The first-order valence-electron chi connectivity index (χ1n) is 7.61. The van der Waals surface area contributed by atoms with Gasteiger partial charge in [-0.25, -0.2) is 4.39 Å². The molecule has 23 heavy (non-hydrogen) atoms. The molecule has 0 bridgehead atoms. The SMILES string of the molecule is CC(C)(O)c1ccc(-c2ccc(C3(C(=O)O)CC3)cc2)c(F)c1. The molecule has 3 rings (SSSR count). The van der Waals surface area contributed by atoms with Gasteiger partial charge in [0.25, 0.3) is 0 Å². The summed E-state index contributed by atoms with van der Waals surface area (Å²) in [6.45, 7) is 3.22. The van der Waals surface area contributed by atoms with E-state index in [1.54, 1.807) is 50.2 Å². The summed E-state index contributed by atoms with van der Waals surface area (Å²) < 4.78 is 14.3. The van der Waals surface area contributed by atoms with Crippen molar-refractivity contribution in [3.63, 3.8) is 0 Å². The van der Waals surface area contributed by atoms with Crippen LogP contribution in [0.3, 0.4) is 0 Å². The molecule has 1 aliphatic rings. The Morgan fingerprint density at radius 3 is 2.17 bits per heavy atom. The first-order chi connectivity index (χ1) is 10.7. The summed E-state index contributed by atoms with van der Waals surface area (Å²) in [6, 6.07) is 11.7. The fourth-order valence-corrected chi connectivity index (χ4v) is 2.85. The maximum atomic E-state index is 14.3. The Hall–Kier alpha value is -2.20. The number of halogens is 1. The van der Waals surface area contributed by atoms with E-state index < -0.39 is 22.8 Å². The van der Waals surface area contributed by atoms with Crippen molar-refractivity contribution in [2.45, 2.75) is 37.7 Å². The van der Waals surface area contributed by atoms with Crippen LogP contribution in [0, 0.1) is 5.82 Å². The Morgan fingerprint density at radius 2 is 1.74 bits per heavy atom. The van der Waals surface area contributed by atoms with Crippen molar-refractivity contribution in [1.82, 2.24) is 0 Å². The van der Waals surface area contributed by atoms with Gasteiger partial charge in [0.2, 0.25) is 0 Å². The predicted molar refractivity (Wildman–Crippen MR) is 85.6 cm³/mol. The number of rotatable bonds is 4. The molecule has 2 aromatic rings. The minimum Gasteiger partial charge on any atom is -0.481 e. The zero-order valence-electron chi connectivity index (χ0n) is 13.1. The van der Waals surface area contributed by atoms with Crippen LogP contribution in [0.2, 0.25) is 0 Å². The van der Waals surface area contributed by atoms with E-state index in [4.69, 9.17) is 0 Å². The second kappa shape index (κ2) is 5.17. The van der Waals surface area contributed by atoms with Crippen molar-refractivity contribution in [3.05, 3.63) is 59.4 Å². The lowest BCUT2D eigenvalue weighted by atomic mass is 9.92. The summed E-state index contributed by atoms with van der Waals surface area (Å²) in [5.74, 6) is -1.21. The standard InChI is InChI=1S/C19H19FO3/c1-18(2,23)14-7-8-15(16(20)11-14)12-3-5-13(6-4-12)19(9-10-19)17(21)22/h3-8,11,23H,9-10H2,1-2H3,(H,21,22). The molecule has 0 atom stereocenters. The van der Waals surface area contributed by atoms with Gasteiger partial charge >= 0.3 is 5.97 Å². The summed E-state index contributed by atoms with van der Waals surface area (Å²) in [7, 11) is 0. The monoisotopic (exact) mass is 314 g/mol. The van der Waals surface area contributed by atoms with Gasteiger partial charge in [0.1, 0.15) is 5.82 Å². The Kier molecular flexibility index (Phi) is 3.52. The second-order valence-electron chi connectivity index (χ2n) is 6.72. The van der Waals surface area contributed by atoms with Crippen LogP contribution < -0.4 is 0 Å². The minimum atomic E-state index is -1.09. The fraction of sp³-hybridized carbons (Fsp3) is 0.316. The summed E-state index contributed by atoms with van der Waals surface area (Å²) in [5.41, 5.74) is 0.560. The average Bonchev–Trinajstić information content (AvgIpc) is 3.28. The van der Waals surface area contributed by atoms with Crippen LogP contribution in [0.15, 0.2) is 42.5 Å². The van der Waals surface area contributed by atoms with Crippen LogP contribution in [0.1, 0.15) is 37.8 Å². The lowest BCUT2D eigenvalue weighted by Gasteiger charge is -2.18. The Labute approximate surface area is 134 Å². The van der Waals surface area contributed by atoms with E-state index >= 15 is 0 Å². The van der Waals surface area contributed by atoms with Crippen LogP contribution in [0.25, 0.3) is 11.1 Å². The van der Waals surface area contributed by atoms with Gasteiger partial charge in [-0.05, 0) is 49.4 Å². The third-order valence-corrected chi connectivity index (χ3v) is 4.58. The van der Waals surface area contributed by atoms with Crippen LogP contribution >= 0.6 is 0 Å². The summed E-state index contributed by atoms with van der Waals surface area (Å²) in [6.07, 6.45) is 1.30. The maximum absolute atomic E-state index is 14.3. The zero-order valence-corrected chi connectivity index (χ0v) is 13.1. The molecule has 1 aliphatic carbocycles. The molecular formula is C19H19FO3. The van der Waals surface area contributed by atoms with E-state index in [1.165, 1.54) is 6.07 Å². The summed E-state index contributed by atoms with van der Waals surface area (Å²) in [5, 5.41) is 19.2. The van der Waals surface area contributed by atoms with E-state index in [1.807, 2.05) is 0 Å². The Morgan fingerprint density at radius 1 is 1.13 bits per heavy atom. The zero-order chi connectivity index (χ0) is 16.8. The number of aliphatic hydroxyl groups is 1. The number of carboxylic acids is 1. The van der Waals surface area contributed by atoms with E-state index in [0.717, 1.165) is 5.56 Å². The third-order valence-electron chi connectivity index (χ3n) is 4.58. The Balaban J connectivity index is 1.93. The quantitative estimate of drug-likeness (QED) is 0.901. The van der Waals surface area contributed by atoms with E-state index in [2.05, 4.69) is 0 Å². The Bertz CT molecular complexity index is 753. The van der Waals surface area contributed by atoms with Gasteiger partial charge in [-0.15, -0.1) is 0 Å². The molecule has 120 valence electrons. The summed E-state index contributed by atoms with van der Waals surface area (Å²) in [4.78, 5) is 11.3. The minimum absolute atomic E-state index is 0.406. The lowest BCUT2D eigenvalue weighted by Crippen LogP contribution is -2.19. The highest BCUT2D eigenvalue weighted by atomic mass is 19.1. The molecule has 4 heteroatoms. The van der Waals surface area contributed by atoms with E-state index in [0.29, 0.717) is 29.5 Å². The molecule has 0 spiro atoms. The van der Waals surface area contributed by atoms with Gasteiger partial charge in [-0.3, -0.25) is 4.79 Å². The van der Waals surface area contributed by atoms with Gasteiger partial charge in [0, 0.05) is 5.56 Å². The molecule has 0 radical (unpaired) electrons. The molecule has 0 heterocycles. The van der Waals surface area contributed by atoms with Crippen LogP contribution in [0.4, 0.5) is 4.39 Å². The number of benzene rings is 2. The van der Waals surface area contributed by atoms with Gasteiger partial charge in [-0.2, -0.15) is 0 Å². The molecule has 0 unspecified atom stereocenters. The van der Waals surface area contributed by atoms with Crippen molar-refractivity contribution in [2.75, 3.05) is 0 Å². The van der Waals surface area contributed by atoms with Crippen molar-refractivity contribution in [1.29, 1.82) is 0 Å². The van der Waals surface area contributed by atoms with Crippen molar-refractivity contribution < 1.29 is 19.4 Å². The van der Waals surface area contributed by atoms with E-state index in [9.17, 15) is 19.4 Å². The van der Waals surface area contributed by atoms with Crippen molar-refractivity contribution >= 4 is 5.97 Å². The van der Waals surface area contributed by atoms with Crippen molar-refractivity contribution in [2.24, 2.45) is 0 Å². The number of hydrogen-bond acceptors (Lipinski definition) is 2.